The highest BCUT2D eigenvalue weighted by Gasteiger charge is 2.14. The summed E-state index contributed by atoms with van der Waals surface area (Å²) >= 11 is 7.42. The largest absolute Gasteiger partial charge is 0.288 e. The molecule has 3 aromatic heterocycles. The lowest BCUT2D eigenvalue weighted by Gasteiger charge is -1.95. The minimum atomic E-state index is -0.0535. The molecule has 3 rings (SSSR count). The predicted octanol–water partition coefficient (Wildman–Crippen LogP) is 3.58. The molecule has 0 saturated carbocycles. The molecule has 0 aromatic carbocycles. The zero-order valence-electron chi connectivity index (χ0n) is 9.13. The highest BCUT2D eigenvalue weighted by Crippen LogP contribution is 2.31. The van der Waals surface area contributed by atoms with Crippen LogP contribution in [0.15, 0.2) is 42.9 Å². The smallest absolute Gasteiger partial charge is 0.204 e. The normalized spacial score (nSPS) is 10.7. The van der Waals surface area contributed by atoms with Gasteiger partial charge in [-0.25, -0.2) is 0 Å². The van der Waals surface area contributed by atoms with Crippen molar-refractivity contribution in [2.24, 2.45) is 0 Å². The van der Waals surface area contributed by atoms with E-state index in [0.717, 1.165) is 10.2 Å². The highest BCUT2D eigenvalue weighted by atomic mass is 35.5. The molecule has 0 N–H and O–H groups in total. The van der Waals surface area contributed by atoms with Crippen molar-refractivity contribution in [1.82, 2.24) is 9.97 Å². The van der Waals surface area contributed by atoms with E-state index in [0.29, 0.717) is 15.5 Å². The highest BCUT2D eigenvalue weighted by molar-refractivity contribution is 7.21. The second-order valence-corrected chi connectivity index (χ2v) is 5.15. The molecule has 3 aromatic rings. The van der Waals surface area contributed by atoms with Gasteiger partial charge in [0.15, 0.2) is 0 Å². The number of ketones is 1. The molecule has 3 heterocycles. The van der Waals surface area contributed by atoms with Gasteiger partial charge in [-0.05, 0) is 24.3 Å². The molecule has 0 radical (unpaired) electrons. The molecule has 0 aliphatic rings. The Balaban J connectivity index is 2.10. The van der Waals surface area contributed by atoms with E-state index < -0.39 is 0 Å². The van der Waals surface area contributed by atoms with E-state index in [-0.39, 0.29) is 5.78 Å². The number of carbonyl (C=O) groups excluding carboxylic acids is 1. The molecule has 0 atom stereocenters. The van der Waals surface area contributed by atoms with Crippen LogP contribution in [0.2, 0.25) is 5.02 Å². The third-order valence-corrected chi connectivity index (χ3v) is 4.09. The first-order chi connectivity index (χ1) is 8.75. The molecule has 0 aliphatic carbocycles. The molecule has 88 valence electrons. The predicted molar refractivity (Wildman–Crippen MR) is 72.3 cm³/mol. The SMILES string of the molecule is O=C(c1cccnc1)c1cc2nccc(Cl)c2s1. The van der Waals surface area contributed by atoms with Crippen LogP contribution >= 0.6 is 22.9 Å². The van der Waals surface area contributed by atoms with Crippen molar-refractivity contribution in [3.8, 4) is 0 Å². The van der Waals surface area contributed by atoms with Gasteiger partial charge < -0.3 is 0 Å². The minimum Gasteiger partial charge on any atom is -0.288 e. The summed E-state index contributed by atoms with van der Waals surface area (Å²) in [5, 5.41) is 0.621. The number of hydrogen-bond acceptors (Lipinski definition) is 4. The molecule has 0 amide bonds. The van der Waals surface area contributed by atoms with Crippen LogP contribution in [-0.4, -0.2) is 15.8 Å². The van der Waals surface area contributed by atoms with E-state index in [1.165, 1.54) is 11.3 Å². The van der Waals surface area contributed by atoms with E-state index in [9.17, 15) is 4.79 Å². The van der Waals surface area contributed by atoms with Crippen molar-refractivity contribution >= 4 is 38.9 Å². The maximum atomic E-state index is 12.2. The van der Waals surface area contributed by atoms with Crippen LogP contribution < -0.4 is 0 Å². The van der Waals surface area contributed by atoms with Crippen LogP contribution in [0.4, 0.5) is 0 Å². The summed E-state index contributed by atoms with van der Waals surface area (Å²) in [7, 11) is 0. The van der Waals surface area contributed by atoms with Crippen LogP contribution in [0.25, 0.3) is 10.2 Å². The molecule has 0 unspecified atom stereocenters. The van der Waals surface area contributed by atoms with Gasteiger partial charge in [0.1, 0.15) is 0 Å². The molecule has 0 saturated heterocycles. The van der Waals surface area contributed by atoms with Gasteiger partial charge in [-0.1, -0.05) is 11.6 Å². The Bertz CT molecular complexity index is 724. The molecule has 3 nitrogen and oxygen atoms in total. The van der Waals surface area contributed by atoms with Gasteiger partial charge >= 0.3 is 0 Å². The average molecular weight is 275 g/mol. The average Bonchev–Trinajstić information content (AvgIpc) is 2.84. The third kappa shape index (κ3) is 1.89. The first kappa shape index (κ1) is 11.3. The first-order valence-corrected chi connectivity index (χ1v) is 6.44. The van der Waals surface area contributed by atoms with Crippen molar-refractivity contribution in [2.45, 2.75) is 0 Å². The number of rotatable bonds is 2. The number of carbonyl (C=O) groups is 1. The van der Waals surface area contributed by atoms with Crippen LogP contribution in [0, 0.1) is 0 Å². The Morgan fingerprint density at radius 3 is 2.89 bits per heavy atom. The third-order valence-electron chi connectivity index (χ3n) is 2.51. The van der Waals surface area contributed by atoms with Crippen molar-refractivity contribution in [2.75, 3.05) is 0 Å². The van der Waals surface area contributed by atoms with E-state index in [4.69, 9.17) is 11.6 Å². The Hall–Kier alpha value is -1.78. The number of hydrogen-bond donors (Lipinski definition) is 0. The summed E-state index contributed by atoms with van der Waals surface area (Å²) in [4.78, 5) is 21.0. The zero-order valence-corrected chi connectivity index (χ0v) is 10.7. The number of aromatic nitrogens is 2. The van der Waals surface area contributed by atoms with E-state index in [1.807, 2.05) is 0 Å². The van der Waals surface area contributed by atoms with Crippen molar-refractivity contribution in [1.29, 1.82) is 0 Å². The standard InChI is InChI=1S/C13H7ClN2OS/c14-9-3-5-16-10-6-11(18-13(9)10)12(17)8-2-1-4-15-7-8/h1-7H. The summed E-state index contributed by atoms with van der Waals surface area (Å²) < 4.78 is 0.839. The minimum absolute atomic E-state index is 0.0535. The quantitative estimate of drug-likeness (QED) is 0.671. The molecule has 0 fully saturated rings. The van der Waals surface area contributed by atoms with Gasteiger partial charge in [0, 0.05) is 24.2 Å². The summed E-state index contributed by atoms with van der Waals surface area (Å²) in [5.41, 5.74) is 1.32. The topological polar surface area (TPSA) is 42.9 Å². The van der Waals surface area contributed by atoms with E-state index in [1.54, 1.807) is 42.9 Å². The fourth-order valence-corrected chi connectivity index (χ4v) is 2.91. The van der Waals surface area contributed by atoms with Crippen LogP contribution in [0.5, 0.6) is 0 Å². The Morgan fingerprint density at radius 2 is 2.17 bits per heavy atom. The van der Waals surface area contributed by atoms with E-state index >= 15 is 0 Å². The summed E-state index contributed by atoms with van der Waals surface area (Å²) in [5.74, 6) is -0.0535. The summed E-state index contributed by atoms with van der Waals surface area (Å²) in [6.07, 6.45) is 4.83. The van der Waals surface area contributed by atoms with Gasteiger partial charge in [-0.15, -0.1) is 11.3 Å². The lowest BCUT2D eigenvalue weighted by Crippen LogP contribution is -1.98. The number of thiophene rings is 1. The maximum absolute atomic E-state index is 12.2. The summed E-state index contributed by atoms with van der Waals surface area (Å²) in [6.45, 7) is 0. The monoisotopic (exact) mass is 274 g/mol. The van der Waals surface area contributed by atoms with Crippen molar-refractivity contribution in [3.05, 3.63) is 58.3 Å². The first-order valence-electron chi connectivity index (χ1n) is 5.24. The van der Waals surface area contributed by atoms with Gasteiger partial charge in [0.05, 0.1) is 20.1 Å². The Labute approximate surface area is 112 Å². The molecule has 18 heavy (non-hydrogen) atoms. The van der Waals surface area contributed by atoms with Gasteiger partial charge in [0.25, 0.3) is 0 Å². The molecular weight excluding hydrogens is 268 g/mol. The van der Waals surface area contributed by atoms with Crippen molar-refractivity contribution < 1.29 is 4.79 Å². The van der Waals surface area contributed by atoms with Crippen LogP contribution in [0.1, 0.15) is 15.2 Å². The Morgan fingerprint density at radius 1 is 1.28 bits per heavy atom. The number of halogens is 1. The Kier molecular flexibility index (Phi) is 2.81. The molecule has 0 spiro atoms. The van der Waals surface area contributed by atoms with Crippen molar-refractivity contribution in [3.63, 3.8) is 0 Å². The van der Waals surface area contributed by atoms with Gasteiger partial charge in [-0.3, -0.25) is 14.8 Å². The number of nitrogens with zero attached hydrogens (tertiary/aromatic N) is 2. The lowest BCUT2D eigenvalue weighted by atomic mass is 10.1. The second-order valence-electron chi connectivity index (χ2n) is 3.69. The molecule has 0 aliphatic heterocycles. The second kappa shape index (κ2) is 4.48. The zero-order chi connectivity index (χ0) is 12.5. The molecule has 5 heteroatoms. The van der Waals surface area contributed by atoms with Gasteiger partial charge in [-0.2, -0.15) is 0 Å². The van der Waals surface area contributed by atoms with E-state index in [2.05, 4.69) is 9.97 Å². The number of pyridine rings is 2. The van der Waals surface area contributed by atoms with Gasteiger partial charge in [0.2, 0.25) is 5.78 Å². The number of fused-ring (bicyclic) bond motifs is 1. The lowest BCUT2D eigenvalue weighted by molar-refractivity contribution is 0.104. The maximum Gasteiger partial charge on any atom is 0.204 e. The fraction of sp³-hybridized carbons (Fsp3) is 0. The molecular formula is C13H7ClN2OS. The van der Waals surface area contributed by atoms with Crippen LogP contribution in [0.3, 0.4) is 0 Å². The molecule has 0 bridgehead atoms. The van der Waals surface area contributed by atoms with Crippen LogP contribution in [-0.2, 0) is 0 Å². The fourth-order valence-electron chi connectivity index (χ4n) is 1.66. The summed E-state index contributed by atoms with van der Waals surface area (Å²) in [6, 6.07) is 6.97.